The SMILES string of the molecule is Cc1c2cc(Cl)cc(C=O)c2nn1C. The van der Waals surface area contributed by atoms with Crippen molar-refractivity contribution in [3.05, 3.63) is 28.4 Å². The maximum Gasteiger partial charge on any atom is 0.152 e. The second-order valence-corrected chi connectivity index (χ2v) is 3.65. The Morgan fingerprint density at radius 1 is 1.50 bits per heavy atom. The maximum absolute atomic E-state index is 10.8. The molecule has 0 radical (unpaired) electrons. The molecule has 0 aliphatic carbocycles. The van der Waals surface area contributed by atoms with E-state index < -0.39 is 0 Å². The Kier molecular flexibility index (Phi) is 2.04. The highest BCUT2D eigenvalue weighted by molar-refractivity contribution is 6.31. The molecule has 0 atom stereocenters. The van der Waals surface area contributed by atoms with Crippen LogP contribution in [-0.2, 0) is 7.05 Å². The molecule has 0 saturated heterocycles. The molecule has 0 spiro atoms. The van der Waals surface area contributed by atoms with Crippen molar-refractivity contribution in [3.8, 4) is 0 Å². The highest BCUT2D eigenvalue weighted by Crippen LogP contribution is 2.24. The number of aryl methyl sites for hydroxylation is 2. The summed E-state index contributed by atoms with van der Waals surface area (Å²) in [5, 5.41) is 5.75. The van der Waals surface area contributed by atoms with Crippen LogP contribution in [0.3, 0.4) is 0 Å². The van der Waals surface area contributed by atoms with E-state index in [-0.39, 0.29) is 0 Å². The zero-order valence-corrected chi connectivity index (χ0v) is 8.67. The number of hydrogen-bond acceptors (Lipinski definition) is 2. The van der Waals surface area contributed by atoms with Crippen molar-refractivity contribution < 1.29 is 4.79 Å². The van der Waals surface area contributed by atoms with Gasteiger partial charge in [0.05, 0.1) is 0 Å². The van der Waals surface area contributed by atoms with Crippen LogP contribution in [0.25, 0.3) is 10.9 Å². The van der Waals surface area contributed by atoms with Gasteiger partial charge < -0.3 is 0 Å². The van der Waals surface area contributed by atoms with Gasteiger partial charge in [-0.15, -0.1) is 0 Å². The Morgan fingerprint density at radius 3 is 2.86 bits per heavy atom. The highest BCUT2D eigenvalue weighted by atomic mass is 35.5. The first-order chi connectivity index (χ1) is 6.63. The van der Waals surface area contributed by atoms with Gasteiger partial charge in [0.2, 0.25) is 0 Å². The molecule has 1 heterocycles. The molecule has 0 bridgehead atoms. The van der Waals surface area contributed by atoms with E-state index in [0.717, 1.165) is 17.4 Å². The Bertz CT molecular complexity index is 516. The Morgan fingerprint density at radius 2 is 2.21 bits per heavy atom. The van der Waals surface area contributed by atoms with E-state index in [1.54, 1.807) is 10.7 Å². The molecule has 2 aromatic rings. The number of fused-ring (bicyclic) bond motifs is 1. The van der Waals surface area contributed by atoms with Gasteiger partial charge >= 0.3 is 0 Å². The van der Waals surface area contributed by atoms with Gasteiger partial charge in [-0.1, -0.05) is 11.6 Å². The monoisotopic (exact) mass is 208 g/mol. The predicted molar refractivity (Wildman–Crippen MR) is 55.8 cm³/mol. The first-order valence-electron chi connectivity index (χ1n) is 4.21. The average Bonchev–Trinajstić information content (AvgIpc) is 2.43. The maximum atomic E-state index is 10.8. The molecule has 1 aromatic carbocycles. The normalized spacial score (nSPS) is 10.8. The summed E-state index contributed by atoms with van der Waals surface area (Å²) in [4.78, 5) is 10.8. The topological polar surface area (TPSA) is 34.9 Å². The molecule has 4 heteroatoms. The van der Waals surface area contributed by atoms with Crippen molar-refractivity contribution in [1.29, 1.82) is 0 Å². The standard InChI is InChI=1S/C10H9ClN2O/c1-6-9-4-8(11)3-7(5-14)10(9)12-13(6)2/h3-5H,1-2H3. The number of halogens is 1. The second kappa shape index (κ2) is 3.10. The fraction of sp³-hybridized carbons (Fsp3) is 0.200. The van der Waals surface area contributed by atoms with Gasteiger partial charge in [0, 0.05) is 28.7 Å². The molecule has 0 aliphatic heterocycles. The molecule has 0 fully saturated rings. The number of aldehydes is 1. The van der Waals surface area contributed by atoms with E-state index in [4.69, 9.17) is 11.6 Å². The van der Waals surface area contributed by atoms with E-state index in [1.165, 1.54) is 0 Å². The predicted octanol–water partition coefficient (Wildman–Crippen LogP) is 2.35. The summed E-state index contributed by atoms with van der Waals surface area (Å²) in [6, 6.07) is 3.45. The van der Waals surface area contributed by atoms with Gasteiger partial charge in [-0.3, -0.25) is 9.48 Å². The van der Waals surface area contributed by atoms with Gasteiger partial charge in [0.15, 0.2) is 6.29 Å². The smallest absolute Gasteiger partial charge is 0.152 e. The summed E-state index contributed by atoms with van der Waals surface area (Å²) in [6.07, 6.45) is 0.778. The molecule has 0 saturated carbocycles. The lowest BCUT2D eigenvalue weighted by Gasteiger charge is -1.95. The quantitative estimate of drug-likeness (QED) is 0.675. The minimum absolute atomic E-state index is 0.538. The fourth-order valence-electron chi connectivity index (χ4n) is 1.50. The Labute approximate surface area is 86.3 Å². The van der Waals surface area contributed by atoms with Crippen molar-refractivity contribution >= 4 is 28.8 Å². The van der Waals surface area contributed by atoms with Gasteiger partial charge in [-0.2, -0.15) is 5.10 Å². The van der Waals surface area contributed by atoms with Crippen LogP contribution in [0, 0.1) is 6.92 Å². The van der Waals surface area contributed by atoms with Gasteiger partial charge in [0.1, 0.15) is 5.52 Å². The molecule has 14 heavy (non-hydrogen) atoms. The first kappa shape index (κ1) is 9.21. The lowest BCUT2D eigenvalue weighted by Crippen LogP contribution is -1.91. The molecule has 0 amide bonds. The molecular weight excluding hydrogens is 200 g/mol. The van der Waals surface area contributed by atoms with E-state index in [9.17, 15) is 4.79 Å². The molecular formula is C10H9ClN2O. The van der Waals surface area contributed by atoms with Crippen molar-refractivity contribution in [2.45, 2.75) is 6.92 Å². The molecule has 3 nitrogen and oxygen atoms in total. The van der Waals surface area contributed by atoms with Crippen LogP contribution < -0.4 is 0 Å². The van der Waals surface area contributed by atoms with Gasteiger partial charge in [-0.25, -0.2) is 0 Å². The first-order valence-corrected chi connectivity index (χ1v) is 4.59. The molecule has 0 N–H and O–H groups in total. The number of carbonyl (C=O) groups excluding carboxylic acids is 1. The fourth-order valence-corrected chi connectivity index (χ4v) is 1.72. The highest BCUT2D eigenvalue weighted by Gasteiger charge is 2.09. The Balaban J connectivity index is 2.94. The third kappa shape index (κ3) is 1.21. The lowest BCUT2D eigenvalue weighted by atomic mass is 10.1. The molecule has 1 aromatic heterocycles. The van der Waals surface area contributed by atoms with Gasteiger partial charge in [-0.05, 0) is 19.1 Å². The molecule has 2 rings (SSSR count). The minimum atomic E-state index is 0.538. The van der Waals surface area contributed by atoms with Crippen LogP contribution in [0.2, 0.25) is 5.02 Å². The summed E-state index contributed by atoms with van der Waals surface area (Å²) in [6.45, 7) is 1.94. The van der Waals surface area contributed by atoms with E-state index in [0.29, 0.717) is 16.1 Å². The number of hydrogen-bond donors (Lipinski definition) is 0. The zero-order valence-electron chi connectivity index (χ0n) is 7.91. The van der Waals surface area contributed by atoms with E-state index in [1.807, 2.05) is 20.0 Å². The van der Waals surface area contributed by atoms with E-state index in [2.05, 4.69) is 5.10 Å². The number of benzene rings is 1. The van der Waals surface area contributed by atoms with Crippen LogP contribution in [0.4, 0.5) is 0 Å². The second-order valence-electron chi connectivity index (χ2n) is 3.22. The molecule has 0 unspecified atom stereocenters. The largest absolute Gasteiger partial charge is 0.298 e. The lowest BCUT2D eigenvalue weighted by molar-refractivity contribution is 0.112. The number of carbonyl (C=O) groups is 1. The van der Waals surface area contributed by atoms with Crippen LogP contribution in [0.5, 0.6) is 0 Å². The van der Waals surface area contributed by atoms with Crippen molar-refractivity contribution in [3.63, 3.8) is 0 Å². The summed E-state index contributed by atoms with van der Waals surface area (Å²) >= 11 is 5.89. The van der Waals surface area contributed by atoms with Crippen LogP contribution >= 0.6 is 11.6 Å². The summed E-state index contributed by atoms with van der Waals surface area (Å²) in [5.74, 6) is 0. The van der Waals surface area contributed by atoms with Gasteiger partial charge in [0.25, 0.3) is 0 Å². The number of aromatic nitrogens is 2. The van der Waals surface area contributed by atoms with Crippen molar-refractivity contribution in [1.82, 2.24) is 9.78 Å². The van der Waals surface area contributed by atoms with Crippen LogP contribution in [0.1, 0.15) is 16.1 Å². The summed E-state index contributed by atoms with van der Waals surface area (Å²) in [7, 11) is 1.85. The molecule has 72 valence electrons. The van der Waals surface area contributed by atoms with E-state index >= 15 is 0 Å². The number of nitrogens with zero attached hydrogens (tertiary/aromatic N) is 2. The average molecular weight is 209 g/mol. The number of rotatable bonds is 1. The zero-order chi connectivity index (χ0) is 10.3. The third-order valence-corrected chi connectivity index (χ3v) is 2.57. The summed E-state index contributed by atoms with van der Waals surface area (Å²) in [5.41, 5.74) is 2.26. The molecule has 0 aliphatic rings. The van der Waals surface area contributed by atoms with Crippen LogP contribution in [0.15, 0.2) is 12.1 Å². The van der Waals surface area contributed by atoms with Crippen LogP contribution in [-0.4, -0.2) is 16.1 Å². The summed E-state index contributed by atoms with van der Waals surface area (Å²) < 4.78 is 1.74. The van der Waals surface area contributed by atoms with Crippen molar-refractivity contribution in [2.75, 3.05) is 0 Å². The third-order valence-electron chi connectivity index (χ3n) is 2.36. The minimum Gasteiger partial charge on any atom is -0.298 e. The van der Waals surface area contributed by atoms with Crippen molar-refractivity contribution in [2.24, 2.45) is 7.05 Å². The Hall–Kier alpha value is -1.35.